The fourth-order valence-corrected chi connectivity index (χ4v) is 2.30. The number of nitrogens with two attached hydrogens (primary N) is 1. The Morgan fingerprint density at radius 2 is 1.90 bits per heavy atom. The van der Waals surface area contributed by atoms with Gasteiger partial charge in [0.2, 0.25) is 0 Å². The average Bonchev–Trinajstić information content (AvgIpc) is 2.73. The van der Waals surface area contributed by atoms with Gasteiger partial charge in [0.05, 0.1) is 16.6 Å². The van der Waals surface area contributed by atoms with Gasteiger partial charge in [-0.15, -0.1) is 0 Å². The van der Waals surface area contributed by atoms with Crippen LogP contribution in [0.4, 0.5) is 5.69 Å². The first-order valence-electron chi connectivity index (χ1n) is 6.14. The van der Waals surface area contributed by atoms with Crippen LogP contribution in [-0.4, -0.2) is 20.6 Å². The zero-order valence-electron chi connectivity index (χ0n) is 10.9. The van der Waals surface area contributed by atoms with Gasteiger partial charge in [-0.3, -0.25) is 4.57 Å². The van der Waals surface area contributed by atoms with Crippen molar-refractivity contribution in [2.24, 2.45) is 0 Å². The molecule has 0 aliphatic heterocycles. The van der Waals surface area contributed by atoms with E-state index in [9.17, 15) is 4.79 Å². The van der Waals surface area contributed by atoms with Crippen LogP contribution < -0.4 is 5.73 Å². The molecule has 2 aromatic carbocycles. The quantitative estimate of drug-likeness (QED) is 0.699. The lowest BCUT2D eigenvalue weighted by molar-refractivity contribution is 0.0697. The minimum Gasteiger partial charge on any atom is -0.478 e. The van der Waals surface area contributed by atoms with Crippen LogP contribution in [0.5, 0.6) is 0 Å². The molecule has 3 N–H and O–H groups in total. The van der Waals surface area contributed by atoms with E-state index in [1.165, 1.54) is 0 Å². The largest absolute Gasteiger partial charge is 0.478 e. The van der Waals surface area contributed by atoms with Gasteiger partial charge in [-0.2, -0.15) is 0 Å². The van der Waals surface area contributed by atoms with Gasteiger partial charge in [0.25, 0.3) is 0 Å². The molecule has 0 aliphatic carbocycles. The standard InChI is InChI=1S/C15H13N3O2/c1-9-17-13-8-11(16)4-7-14(13)18(9)12-5-2-10(3-6-12)15(19)20/h2-8H,16H2,1H3,(H,19,20). The van der Waals surface area contributed by atoms with Crippen LogP contribution in [0.2, 0.25) is 0 Å². The average molecular weight is 267 g/mol. The number of nitrogens with zero attached hydrogens (tertiary/aromatic N) is 2. The molecule has 20 heavy (non-hydrogen) atoms. The Balaban J connectivity index is 2.18. The second-order valence-electron chi connectivity index (χ2n) is 4.59. The van der Waals surface area contributed by atoms with Crippen molar-refractivity contribution in [2.75, 3.05) is 5.73 Å². The molecule has 0 saturated carbocycles. The van der Waals surface area contributed by atoms with Gasteiger partial charge in [-0.25, -0.2) is 9.78 Å². The van der Waals surface area contributed by atoms with E-state index in [1.54, 1.807) is 24.3 Å². The fourth-order valence-electron chi connectivity index (χ4n) is 2.30. The molecule has 0 radical (unpaired) electrons. The summed E-state index contributed by atoms with van der Waals surface area (Å²) in [7, 11) is 0. The maximum absolute atomic E-state index is 10.9. The van der Waals surface area contributed by atoms with E-state index < -0.39 is 5.97 Å². The van der Waals surface area contributed by atoms with Crippen molar-refractivity contribution >= 4 is 22.7 Å². The van der Waals surface area contributed by atoms with Crippen molar-refractivity contribution in [3.63, 3.8) is 0 Å². The minimum atomic E-state index is -0.934. The molecule has 0 spiro atoms. The van der Waals surface area contributed by atoms with Crippen molar-refractivity contribution in [1.82, 2.24) is 9.55 Å². The number of aromatic nitrogens is 2. The summed E-state index contributed by atoms with van der Waals surface area (Å²) in [5.74, 6) is -0.106. The first-order valence-corrected chi connectivity index (χ1v) is 6.14. The van der Waals surface area contributed by atoms with Crippen LogP contribution in [0.25, 0.3) is 16.7 Å². The van der Waals surface area contributed by atoms with E-state index in [4.69, 9.17) is 10.8 Å². The first-order chi connectivity index (χ1) is 9.56. The van der Waals surface area contributed by atoms with Crippen LogP contribution in [0.15, 0.2) is 42.5 Å². The summed E-state index contributed by atoms with van der Waals surface area (Å²) < 4.78 is 1.97. The predicted molar refractivity (Wildman–Crippen MR) is 77.2 cm³/mol. The number of aromatic carboxylic acids is 1. The van der Waals surface area contributed by atoms with E-state index in [0.717, 1.165) is 22.5 Å². The van der Waals surface area contributed by atoms with Crippen LogP contribution in [0.1, 0.15) is 16.2 Å². The molecule has 0 unspecified atom stereocenters. The zero-order valence-corrected chi connectivity index (χ0v) is 10.9. The highest BCUT2D eigenvalue weighted by molar-refractivity contribution is 5.88. The lowest BCUT2D eigenvalue weighted by atomic mass is 10.2. The van der Waals surface area contributed by atoms with Crippen LogP contribution in [-0.2, 0) is 0 Å². The third kappa shape index (κ3) is 1.89. The van der Waals surface area contributed by atoms with Crippen molar-refractivity contribution in [1.29, 1.82) is 0 Å². The van der Waals surface area contributed by atoms with Gasteiger partial charge >= 0.3 is 5.97 Å². The molecule has 5 heteroatoms. The Morgan fingerprint density at radius 3 is 2.55 bits per heavy atom. The first kappa shape index (κ1) is 12.2. The summed E-state index contributed by atoms with van der Waals surface area (Å²) in [5, 5.41) is 8.93. The molecule has 3 rings (SSSR count). The summed E-state index contributed by atoms with van der Waals surface area (Å²) in [4.78, 5) is 15.4. The normalized spacial score (nSPS) is 10.8. The summed E-state index contributed by atoms with van der Waals surface area (Å²) >= 11 is 0. The lowest BCUT2D eigenvalue weighted by Gasteiger charge is -2.07. The Morgan fingerprint density at radius 1 is 1.20 bits per heavy atom. The number of aryl methyl sites for hydroxylation is 1. The molecule has 0 atom stereocenters. The zero-order chi connectivity index (χ0) is 14.3. The van der Waals surface area contributed by atoms with Crippen molar-refractivity contribution in [2.45, 2.75) is 6.92 Å². The lowest BCUT2D eigenvalue weighted by Crippen LogP contribution is -1.99. The molecule has 1 heterocycles. The Hall–Kier alpha value is -2.82. The van der Waals surface area contributed by atoms with Gasteiger partial charge in [-0.1, -0.05) is 0 Å². The molecule has 3 aromatic rings. The minimum absolute atomic E-state index is 0.264. The molecule has 0 fully saturated rings. The number of imidazole rings is 1. The molecule has 5 nitrogen and oxygen atoms in total. The summed E-state index contributed by atoms with van der Waals surface area (Å²) in [6.45, 7) is 1.90. The summed E-state index contributed by atoms with van der Waals surface area (Å²) in [5.41, 5.74) is 9.34. The number of carbonyl (C=O) groups is 1. The van der Waals surface area contributed by atoms with E-state index in [-0.39, 0.29) is 5.56 Å². The van der Waals surface area contributed by atoms with Crippen LogP contribution >= 0.6 is 0 Å². The number of anilines is 1. The van der Waals surface area contributed by atoms with Crippen LogP contribution in [0, 0.1) is 6.92 Å². The maximum atomic E-state index is 10.9. The number of hydrogen-bond acceptors (Lipinski definition) is 3. The Bertz CT molecular complexity index is 804. The Labute approximate surface area is 115 Å². The molecule has 0 aliphatic rings. The molecule has 0 bridgehead atoms. The van der Waals surface area contributed by atoms with Crippen molar-refractivity contribution < 1.29 is 9.90 Å². The molecule has 0 saturated heterocycles. The van der Waals surface area contributed by atoms with Crippen LogP contribution in [0.3, 0.4) is 0 Å². The smallest absolute Gasteiger partial charge is 0.335 e. The predicted octanol–water partition coefficient (Wildman–Crippen LogP) is 2.61. The van der Waals surface area contributed by atoms with Gasteiger partial charge in [0, 0.05) is 11.4 Å². The highest BCUT2D eigenvalue weighted by Crippen LogP contribution is 2.23. The molecule has 1 aromatic heterocycles. The summed E-state index contributed by atoms with van der Waals surface area (Å²) in [6, 6.07) is 12.3. The summed E-state index contributed by atoms with van der Waals surface area (Å²) in [6.07, 6.45) is 0. The topological polar surface area (TPSA) is 81.1 Å². The number of benzene rings is 2. The van der Waals surface area contributed by atoms with Gasteiger partial charge in [-0.05, 0) is 49.4 Å². The monoisotopic (exact) mass is 267 g/mol. The highest BCUT2D eigenvalue weighted by Gasteiger charge is 2.10. The highest BCUT2D eigenvalue weighted by atomic mass is 16.4. The molecular weight excluding hydrogens is 254 g/mol. The maximum Gasteiger partial charge on any atom is 0.335 e. The Kier molecular flexibility index (Phi) is 2.68. The van der Waals surface area contributed by atoms with Gasteiger partial charge in [0.15, 0.2) is 0 Å². The number of rotatable bonds is 2. The van der Waals surface area contributed by atoms with E-state index in [0.29, 0.717) is 5.69 Å². The van der Waals surface area contributed by atoms with Crippen molar-refractivity contribution in [3.8, 4) is 5.69 Å². The SMILES string of the molecule is Cc1nc2cc(N)ccc2n1-c1ccc(C(=O)O)cc1. The third-order valence-electron chi connectivity index (χ3n) is 3.22. The van der Waals surface area contributed by atoms with E-state index in [1.807, 2.05) is 29.7 Å². The third-order valence-corrected chi connectivity index (χ3v) is 3.22. The number of hydrogen-bond donors (Lipinski definition) is 2. The second-order valence-corrected chi connectivity index (χ2v) is 4.59. The van der Waals surface area contributed by atoms with E-state index in [2.05, 4.69) is 4.98 Å². The number of carboxylic acid groups (broad SMARTS) is 1. The second kappa shape index (κ2) is 4.38. The number of carboxylic acids is 1. The number of nitrogen functional groups attached to an aromatic ring is 1. The van der Waals surface area contributed by atoms with Gasteiger partial charge < -0.3 is 10.8 Å². The molecule has 0 amide bonds. The van der Waals surface area contributed by atoms with Crippen molar-refractivity contribution in [3.05, 3.63) is 53.9 Å². The van der Waals surface area contributed by atoms with Gasteiger partial charge in [0.1, 0.15) is 5.82 Å². The van der Waals surface area contributed by atoms with E-state index >= 15 is 0 Å². The molecule has 100 valence electrons. The number of fused-ring (bicyclic) bond motifs is 1. The molecular formula is C15H13N3O2. The fraction of sp³-hybridized carbons (Fsp3) is 0.0667.